The molecule has 0 heterocycles. The van der Waals surface area contributed by atoms with Crippen molar-refractivity contribution in [3.05, 3.63) is 105 Å². The van der Waals surface area contributed by atoms with Gasteiger partial charge in [0.1, 0.15) is 12.6 Å². The van der Waals surface area contributed by atoms with Crippen LogP contribution in [0.3, 0.4) is 0 Å². The molecule has 0 aliphatic rings. The third kappa shape index (κ3) is 9.02. The lowest BCUT2D eigenvalue weighted by Gasteiger charge is -2.33. The average molecular weight is 615 g/mol. The van der Waals surface area contributed by atoms with Crippen LogP contribution in [-0.4, -0.2) is 55.4 Å². The Labute approximate surface area is 251 Å². The summed E-state index contributed by atoms with van der Waals surface area (Å²) in [7, 11) is -4.07. The number of nitro benzene ring substituents is 1. The van der Waals surface area contributed by atoms with Gasteiger partial charge >= 0.3 is 0 Å². The zero-order chi connectivity index (χ0) is 30.9. The molecule has 0 aliphatic heterocycles. The molecule has 1 atom stereocenters. The molecule has 0 fully saturated rings. The van der Waals surface area contributed by atoms with E-state index in [1.54, 1.807) is 31.2 Å². The van der Waals surface area contributed by atoms with Crippen molar-refractivity contribution >= 4 is 44.8 Å². The molecule has 3 aromatic rings. The molecule has 0 saturated heterocycles. The maximum absolute atomic E-state index is 14.1. The summed E-state index contributed by atoms with van der Waals surface area (Å²) < 4.78 is 26.8. The number of sulfonamides is 1. The molecule has 3 rings (SSSR count). The molecule has 0 aromatic heterocycles. The molecule has 42 heavy (non-hydrogen) atoms. The van der Waals surface area contributed by atoms with Gasteiger partial charge in [0, 0.05) is 36.7 Å². The van der Waals surface area contributed by atoms with E-state index in [2.05, 4.69) is 5.32 Å². The first-order chi connectivity index (χ1) is 19.9. The number of unbranched alkanes of at least 4 members (excludes halogenated alkanes) is 1. The van der Waals surface area contributed by atoms with Gasteiger partial charge in [0.05, 0.1) is 16.9 Å². The Kier molecular flexibility index (Phi) is 11.5. The zero-order valence-electron chi connectivity index (χ0n) is 23.8. The van der Waals surface area contributed by atoms with Crippen LogP contribution in [0.5, 0.6) is 0 Å². The van der Waals surface area contributed by atoms with Crippen molar-refractivity contribution < 1.29 is 22.9 Å². The van der Waals surface area contributed by atoms with Crippen LogP contribution in [-0.2, 0) is 32.6 Å². The summed E-state index contributed by atoms with van der Waals surface area (Å²) >= 11 is 6.07. The molecule has 0 bridgehead atoms. The quantitative estimate of drug-likeness (QED) is 0.156. The van der Waals surface area contributed by atoms with E-state index in [4.69, 9.17) is 11.6 Å². The van der Waals surface area contributed by atoms with Crippen LogP contribution in [0.15, 0.2) is 72.8 Å². The molecule has 3 aromatic carbocycles. The van der Waals surface area contributed by atoms with Crippen molar-refractivity contribution in [2.45, 2.75) is 45.7 Å². The Morgan fingerprint density at radius 2 is 1.69 bits per heavy atom. The number of aryl methyl sites for hydroxylation is 1. The first-order valence-electron chi connectivity index (χ1n) is 13.5. The Morgan fingerprint density at radius 1 is 1.02 bits per heavy atom. The summed E-state index contributed by atoms with van der Waals surface area (Å²) in [6.45, 7) is 3.36. The number of halogens is 1. The lowest BCUT2D eigenvalue weighted by molar-refractivity contribution is -0.384. The number of carbonyl (C=O) groups is 2. The number of amides is 2. The Bertz CT molecular complexity index is 1500. The van der Waals surface area contributed by atoms with Crippen molar-refractivity contribution in [1.29, 1.82) is 0 Å². The van der Waals surface area contributed by atoms with Gasteiger partial charge in [0.25, 0.3) is 5.69 Å². The highest BCUT2D eigenvalue weighted by atomic mass is 35.5. The van der Waals surface area contributed by atoms with Crippen molar-refractivity contribution in [1.82, 2.24) is 10.2 Å². The molecule has 0 radical (unpaired) electrons. The van der Waals surface area contributed by atoms with Gasteiger partial charge in [-0.2, -0.15) is 0 Å². The summed E-state index contributed by atoms with van der Waals surface area (Å²) in [6, 6.07) is 18.9. The van der Waals surface area contributed by atoms with Gasteiger partial charge in [-0.15, -0.1) is 0 Å². The van der Waals surface area contributed by atoms with Gasteiger partial charge in [-0.3, -0.25) is 24.0 Å². The van der Waals surface area contributed by atoms with E-state index in [0.29, 0.717) is 22.7 Å². The van der Waals surface area contributed by atoms with E-state index in [1.807, 2.05) is 37.3 Å². The second-order valence-corrected chi connectivity index (χ2v) is 12.3. The number of carbonyl (C=O) groups excluding carboxylic acids is 2. The molecule has 0 saturated carbocycles. The summed E-state index contributed by atoms with van der Waals surface area (Å²) in [5, 5.41) is 14.9. The van der Waals surface area contributed by atoms with Crippen LogP contribution in [0.25, 0.3) is 0 Å². The third-order valence-electron chi connectivity index (χ3n) is 6.72. The minimum Gasteiger partial charge on any atom is -0.354 e. The van der Waals surface area contributed by atoms with E-state index in [-0.39, 0.29) is 30.2 Å². The van der Waals surface area contributed by atoms with Crippen LogP contribution in [0.4, 0.5) is 11.4 Å². The van der Waals surface area contributed by atoms with Crippen molar-refractivity contribution in [3.63, 3.8) is 0 Å². The maximum Gasteiger partial charge on any atom is 0.271 e. The number of hydrogen-bond donors (Lipinski definition) is 1. The number of nitrogens with zero attached hydrogens (tertiary/aromatic N) is 3. The molecular formula is C30H35ClN4O6S. The van der Waals surface area contributed by atoms with Crippen molar-refractivity contribution in [2.24, 2.45) is 0 Å². The molecule has 10 nitrogen and oxygen atoms in total. The van der Waals surface area contributed by atoms with Gasteiger partial charge in [-0.1, -0.05) is 73.5 Å². The zero-order valence-corrected chi connectivity index (χ0v) is 25.4. The fraction of sp³-hybridized carbons (Fsp3) is 0.333. The number of hydrogen-bond acceptors (Lipinski definition) is 6. The van der Waals surface area contributed by atoms with Crippen LogP contribution in [0.2, 0.25) is 5.02 Å². The maximum atomic E-state index is 14.1. The molecule has 0 spiro atoms. The number of nitrogens with one attached hydrogen (secondary N) is 1. The Morgan fingerprint density at radius 3 is 2.29 bits per heavy atom. The number of benzene rings is 3. The molecule has 224 valence electrons. The minimum absolute atomic E-state index is 0.000220. The number of non-ortho nitro benzene ring substituents is 1. The van der Waals surface area contributed by atoms with E-state index in [0.717, 1.165) is 35.0 Å². The van der Waals surface area contributed by atoms with Crippen LogP contribution in [0.1, 0.15) is 36.5 Å². The lowest BCUT2D eigenvalue weighted by Crippen LogP contribution is -2.53. The second-order valence-electron chi connectivity index (χ2n) is 10.00. The average Bonchev–Trinajstić information content (AvgIpc) is 2.95. The van der Waals surface area contributed by atoms with E-state index in [1.165, 1.54) is 17.0 Å². The monoisotopic (exact) mass is 614 g/mol. The highest BCUT2D eigenvalue weighted by Crippen LogP contribution is 2.28. The molecule has 2 amide bonds. The SMILES string of the molecule is CCCCNC(=O)[C@@H](Cc1ccccc1)N(Cc1ccc(Cl)cc1)C(=O)CN(c1cc([N+](=O)[O-])ccc1C)S(C)(=O)=O. The van der Waals surface area contributed by atoms with Gasteiger partial charge in [-0.05, 0) is 42.2 Å². The number of anilines is 1. The predicted octanol–water partition coefficient (Wildman–Crippen LogP) is 4.88. The van der Waals surface area contributed by atoms with Crippen molar-refractivity contribution in [3.8, 4) is 0 Å². The topological polar surface area (TPSA) is 130 Å². The van der Waals surface area contributed by atoms with E-state index >= 15 is 0 Å². The summed E-state index contributed by atoms with van der Waals surface area (Å²) in [4.78, 5) is 39.9. The van der Waals surface area contributed by atoms with Crippen molar-refractivity contribution in [2.75, 3.05) is 23.7 Å². The fourth-order valence-corrected chi connectivity index (χ4v) is 5.45. The molecule has 0 unspecified atom stereocenters. The second kappa shape index (κ2) is 14.8. The van der Waals surface area contributed by atoms with E-state index < -0.39 is 33.4 Å². The first kappa shape index (κ1) is 32.6. The Balaban J connectivity index is 2.08. The summed E-state index contributed by atoms with van der Waals surface area (Å²) in [6.07, 6.45) is 2.74. The number of rotatable bonds is 14. The van der Waals surface area contributed by atoms with Gasteiger partial charge in [-0.25, -0.2) is 8.42 Å². The largest absolute Gasteiger partial charge is 0.354 e. The number of nitro groups is 1. The molecular weight excluding hydrogens is 580 g/mol. The third-order valence-corrected chi connectivity index (χ3v) is 8.10. The van der Waals surface area contributed by atoms with Crippen LogP contribution in [0, 0.1) is 17.0 Å². The van der Waals surface area contributed by atoms with Gasteiger partial charge < -0.3 is 10.2 Å². The lowest BCUT2D eigenvalue weighted by atomic mass is 10.0. The highest BCUT2D eigenvalue weighted by molar-refractivity contribution is 7.92. The minimum atomic E-state index is -4.07. The Hall–Kier alpha value is -3.96. The first-order valence-corrected chi connectivity index (χ1v) is 15.7. The normalized spacial score (nSPS) is 11.9. The summed E-state index contributed by atoms with van der Waals surface area (Å²) in [5.41, 5.74) is 1.63. The summed E-state index contributed by atoms with van der Waals surface area (Å²) in [5.74, 6) is -1.01. The smallest absolute Gasteiger partial charge is 0.271 e. The highest BCUT2D eigenvalue weighted by Gasteiger charge is 2.33. The molecule has 12 heteroatoms. The molecule has 1 N–H and O–H groups in total. The predicted molar refractivity (Wildman–Crippen MR) is 164 cm³/mol. The van der Waals surface area contributed by atoms with Gasteiger partial charge in [0.15, 0.2) is 0 Å². The van der Waals surface area contributed by atoms with E-state index in [9.17, 15) is 28.1 Å². The van der Waals surface area contributed by atoms with Crippen LogP contribution >= 0.6 is 11.6 Å². The fourth-order valence-electron chi connectivity index (χ4n) is 4.42. The van der Waals surface area contributed by atoms with Gasteiger partial charge in [0.2, 0.25) is 21.8 Å². The van der Waals surface area contributed by atoms with Crippen LogP contribution < -0.4 is 9.62 Å². The molecule has 0 aliphatic carbocycles. The standard InChI is InChI=1S/C30H35ClN4O6S/c1-4-5-17-32-30(37)28(18-23-9-7-6-8-10-23)33(20-24-12-14-25(31)15-13-24)29(36)21-34(42(3,40)41)27-19-26(35(38)39)16-11-22(27)2/h6-16,19,28H,4-5,17-18,20-21H2,1-3H3,(H,32,37)/t28-/m1/s1.